The fourth-order valence-corrected chi connectivity index (χ4v) is 5.52. The van der Waals surface area contributed by atoms with E-state index in [9.17, 15) is 4.79 Å². The van der Waals surface area contributed by atoms with Crippen LogP contribution in [-0.4, -0.2) is 38.0 Å². The van der Waals surface area contributed by atoms with E-state index >= 15 is 4.39 Å². The van der Waals surface area contributed by atoms with E-state index in [-0.39, 0.29) is 30.9 Å². The summed E-state index contributed by atoms with van der Waals surface area (Å²) in [4.78, 5) is 17.0. The number of halogens is 1. The molecule has 1 aliphatic carbocycles. The molecule has 0 radical (unpaired) electrons. The molecule has 37 heavy (non-hydrogen) atoms. The Labute approximate surface area is 214 Å². The van der Waals surface area contributed by atoms with Crippen molar-refractivity contribution < 1.29 is 28.1 Å². The molecule has 2 atom stereocenters. The zero-order valence-electron chi connectivity index (χ0n) is 20.7. The summed E-state index contributed by atoms with van der Waals surface area (Å²) >= 11 is 0. The summed E-state index contributed by atoms with van der Waals surface area (Å²) in [6.45, 7) is 1.45. The molecule has 1 saturated carbocycles. The molecule has 2 aliphatic heterocycles. The van der Waals surface area contributed by atoms with Crippen molar-refractivity contribution in [2.75, 3.05) is 32.4 Å². The first-order valence-electron chi connectivity index (χ1n) is 12.7. The van der Waals surface area contributed by atoms with Gasteiger partial charge >= 0.3 is 5.97 Å². The molecule has 0 bridgehead atoms. The Morgan fingerprint density at radius 1 is 1.16 bits per heavy atom. The first-order chi connectivity index (χ1) is 18.1. The lowest BCUT2D eigenvalue weighted by atomic mass is 9.87. The smallest absolute Gasteiger partial charge is 0.306 e. The summed E-state index contributed by atoms with van der Waals surface area (Å²) in [6, 6.07) is 14.9. The molecule has 0 amide bonds. The van der Waals surface area contributed by atoms with E-state index in [2.05, 4.69) is 16.4 Å². The number of carbonyl (C=O) groups is 1. The van der Waals surface area contributed by atoms with E-state index in [4.69, 9.17) is 18.9 Å². The lowest BCUT2D eigenvalue weighted by Crippen LogP contribution is -2.17. The lowest BCUT2D eigenvalue weighted by Gasteiger charge is -2.18. The standard InChI is InChI=1S/C29H29FN2O5/c1-34-27(33)16-29(20-6-9-25-26(14-20)37-17-36-25)15-22(29)19-5-8-24(23(30)13-19)35-12-10-21-7-4-18-3-2-11-31-28(18)32-21/h4-9,13-14,22H,2-3,10-12,15-17H2,1H3,(H,31,32). The second-order valence-electron chi connectivity index (χ2n) is 9.86. The number of nitrogens with one attached hydrogen (secondary N) is 1. The number of methoxy groups -OCH3 is 1. The normalized spacial score (nSPS) is 21.1. The second-order valence-corrected chi connectivity index (χ2v) is 9.86. The fraction of sp³-hybridized carbons (Fsp3) is 0.379. The maximum Gasteiger partial charge on any atom is 0.306 e. The third-order valence-electron chi connectivity index (χ3n) is 7.64. The summed E-state index contributed by atoms with van der Waals surface area (Å²) in [5.74, 6) is 1.76. The predicted octanol–water partition coefficient (Wildman–Crippen LogP) is 4.92. The largest absolute Gasteiger partial charge is 0.490 e. The van der Waals surface area contributed by atoms with Crippen molar-refractivity contribution in [3.8, 4) is 17.2 Å². The number of ether oxygens (including phenoxy) is 4. The van der Waals surface area contributed by atoms with Gasteiger partial charge in [-0.05, 0) is 72.2 Å². The Balaban J connectivity index is 1.15. The molecule has 3 aromatic rings. The van der Waals surface area contributed by atoms with Crippen LogP contribution >= 0.6 is 0 Å². The van der Waals surface area contributed by atoms with Crippen molar-refractivity contribution in [2.45, 2.75) is 43.4 Å². The van der Waals surface area contributed by atoms with Crippen LogP contribution in [0.4, 0.5) is 10.2 Å². The summed E-state index contributed by atoms with van der Waals surface area (Å²) in [6.07, 6.45) is 3.66. The number of pyridine rings is 1. The van der Waals surface area contributed by atoms with Crippen molar-refractivity contribution in [1.29, 1.82) is 0 Å². The van der Waals surface area contributed by atoms with Gasteiger partial charge in [0.05, 0.1) is 20.1 Å². The number of rotatable bonds is 8. The number of anilines is 1. The van der Waals surface area contributed by atoms with Gasteiger partial charge in [-0.2, -0.15) is 0 Å². The topological polar surface area (TPSA) is 78.9 Å². The minimum Gasteiger partial charge on any atom is -0.490 e. The number of hydrogen-bond donors (Lipinski definition) is 1. The Morgan fingerprint density at radius 2 is 2.05 bits per heavy atom. The molecule has 0 saturated heterocycles. The van der Waals surface area contributed by atoms with Gasteiger partial charge < -0.3 is 24.3 Å². The molecule has 2 aromatic carbocycles. The third-order valence-corrected chi connectivity index (χ3v) is 7.64. The van der Waals surface area contributed by atoms with Gasteiger partial charge in [-0.25, -0.2) is 9.37 Å². The van der Waals surface area contributed by atoms with Gasteiger partial charge in [-0.1, -0.05) is 18.2 Å². The molecule has 0 spiro atoms. The zero-order valence-corrected chi connectivity index (χ0v) is 20.7. The summed E-state index contributed by atoms with van der Waals surface area (Å²) < 4.78 is 36.8. The number of nitrogens with zero attached hydrogens (tertiary/aromatic N) is 1. The molecular formula is C29H29FN2O5. The highest BCUT2D eigenvalue weighted by Crippen LogP contribution is 2.63. The molecule has 2 unspecified atom stereocenters. The molecular weight excluding hydrogens is 475 g/mol. The quantitative estimate of drug-likeness (QED) is 0.437. The van der Waals surface area contributed by atoms with Gasteiger partial charge in [-0.3, -0.25) is 4.79 Å². The van der Waals surface area contributed by atoms with Gasteiger partial charge in [0.25, 0.3) is 0 Å². The minimum atomic E-state index is -0.477. The summed E-state index contributed by atoms with van der Waals surface area (Å²) in [7, 11) is 1.38. The van der Waals surface area contributed by atoms with Crippen LogP contribution in [0.2, 0.25) is 0 Å². The Kier molecular flexibility index (Phi) is 6.10. The number of aromatic nitrogens is 1. The van der Waals surface area contributed by atoms with Crippen molar-refractivity contribution >= 4 is 11.8 Å². The Morgan fingerprint density at radius 3 is 2.92 bits per heavy atom. The lowest BCUT2D eigenvalue weighted by molar-refractivity contribution is -0.141. The molecule has 8 heteroatoms. The van der Waals surface area contributed by atoms with E-state index < -0.39 is 11.2 Å². The van der Waals surface area contributed by atoms with E-state index in [1.807, 2.05) is 30.3 Å². The summed E-state index contributed by atoms with van der Waals surface area (Å²) in [5, 5.41) is 3.33. The first-order valence-corrected chi connectivity index (χ1v) is 12.7. The van der Waals surface area contributed by atoms with E-state index in [0.29, 0.717) is 30.9 Å². The molecule has 3 aliphatic rings. The average Bonchev–Trinajstić information content (AvgIpc) is 3.44. The van der Waals surface area contributed by atoms with Gasteiger partial charge in [0, 0.05) is 24.1 Å². The molecule has 3 heterocycles. The number of esters is 1. The molecule has 192 valence electrons. The number of fused-ring (bicyclic) bond motifs is 2. The Hall–Kier alpha value is -3.81. The van der Waals surface area contributed by atoms with Crippen molar-refractivity contribution in [3.63, 3.8) is 0 Å². The van der Waals surface area contributed by atoms with Crippen LogP contribution in [0.3, 0.4) is 0 Å². The van der Waals surface area contributed by atoms with Crippen LogP contribution in [0.1, 0.15) is 47.6 Å². The maximum absolute atomic E-state index is 15.1. The highest BCUT2D eigenvalue weighted by molar-refractivity contribution is 5.73. The molecule has 1 fully saturated rings. The van der Waals surface area contributed by atoms with Gasteiger partial charge in [0.1, 0.15) is 5.82 Å². The van der Waals surface area contributed by atoms with Crippen LogP contribution < -0.4 is 19.5 Å². The van der Waals surface area contributed by atoms with Crippen LogP contribution in [0.15, 0.2) is 48.5 Å². The molecule has 6 rings (SSSR count). The molecule has 7 nitrogen and oxygen atoms in total. The SMILES string of the molecule is COC(=O)CC1(c2ccc3c(c2)OCO3)CC1c1ccc(OCCc2ccc3c(n2)NCCC3)c(F)c1. The number of carbonyl (C=O) groups excluding carboxylic acids is 1. The van der Waals surface area contributed by atoms with Gasteiger partial charge in [0.15, 0.2) is 23.1 Å². The fourth-order valence-electron chi connectivity index (χ4n) is 5.52. The highest BCUT2D eigenvalue weighted by atomic mass is 19.1. The van der Waals surface area contributed by atoms with E-state index in [1.54, 1.807) is 6.07 Å². The third kappa shape index (κ3) is 4.56. The zero-order chi connectivity index (χ0) is 25.4. The monoisotopic (exact) mass is 504 g/mol. The number of aryl methyl sites for hydroxylation is 1. The van der Waals surface area contributed by atoms with E-state index in [0.717, 1.165) is 42.0 Å². The molecule has 1 N–H and O–H groups in total. The Bertz CT molecular complexity index is 1350. The van der Waals surface area contributed by atoms with Gasteiger partial charge in [0.2, 0.25) is 6.79 Å². The summed E-state index contributed by atoms with van der Waals surface area (Å²) in [5.41, 5.74) is 3.46. The highest BCUT2D eigenvalue weighted by Gasteiger charge is 2.57. The van der Waals surface area contributed by atoms with Crippen molar-refractivity contribution in [3.05, 3.63) is 76.7 Å². The first kappa shape index (κ1) is 23.6. The van der Waals surface area contributed by atoms with Crippen LogP contribution in [0.25, 0.3) is 0 Å². The van der Waals surface area contributed by atoms with Crippen molar-refractivity contribution in [2.24, 2.45) is 0 Å². The molecule has 1 aromatic heterocycles. The van der Waals surface area contributed by atoms with E-state index in [1.165, 1.54) is 18.7 Å². The maximum atomic E-state index is 15.1. The predicted molar refractivity (Wildman–Crippen MR) is 135 cm³/mol. The van der Waals surface area contributed by atoms with Crippen molar-refractivity contribution in [1.82, 2.24) is 4.98 Å². The minimum absolute atomic E-state index is 0.0253. The van der Waals surface area contributed by atoms with Crippen LogP contribution in [-0.2, 0) is 27.8 Å². The van der Waals surface area contributed by atoms with Gasteiger partial charge in [-0.15, -0.1) is 0 Å². The van der Waals surface area contributed by atoms with Crippen LogP contribution in [0.5, 0.6) is 17.2 Å². The number of hydrogen-bond acceptors (Lipinski definition) is 7. The average molecular weight is 505 g/mol. The van der Waals surface area contributed by atoms with Crippen LogP contribution in [0, 0.1) is 5.82 Å². The number of benzene rings is 2. The second kappa shape index (κ2) is 9.57.